The third kappa shape index (κ3) is 3.85. The van der Waals surface area contributed by atoms with E-state index in [0.29, 0.717) is 11.5 Å². The van der Waals surface area contributed by atoms with Crippen LogP contribution >= 0.6 is 0 Å². The minimum Gasteiger partial charge on any atom is -0.357 e. The Morgan fingerprint density at radius 3 is 2.68 bits per heavy atom. The Kier molecular flexibility index (Phi) is 4.71. The molecule has 0 radical (unpaired) electrons. The second kappa shape index (κ2) is 6.12. The predicted molar refractivity (Wildman–Crippen MR) is 81.6 cm³/mol. The number of likely N-dealkylation sites (N-methyl/N-ethyl adjacent to an activating group) is 1. The molecule has 0 saturated carbocycles. The van der Waals surface area contributed by atoms with Crippen molar-refractivity contribution in [2.24, 2.45) is 10.4 Å². The molecular weight excluding hydrogens is 236 g/mol. The van der Waals surface area contributed by atoms with Crippen molar-refractivity contribution in [2.75, 3.05) is 39.8 Å². The van der Waals surface area contributed by atoms with Crippen molar-refractivity contribution in [3.05, 3.63) is 0 Å². The van der Waals surface area contributed by atoms with E-state index in [2.05, 4.69) is 42.9 Å². The first-order valence-electron chi connectivity index (χ1n) is 7.75. The molecule has 110 valence electrons. The van der Waals surface area contributed by atoms with Crippen molar-refractivity contribution in [3.8, 4) is 0 Å². The van der Waals surface area contributed by atoms with Crippen LogP contribution in [0.3, 0.4) is 0 Å². The molecule has 2 fully saturated rings. The van der Waals surface area contributed by atoms with Gasteiger partial charge in [-0.25, -0.2) is 0 Å². The van der Waals surface area contributed by atoms with Gasteiger partial charge in [-0.05, 0) is 45.2 Å². The number of nitrogens with one attached hydrogen (secondary N) is 1. The summed E-state index contributed by atoms with van der Waals surface area (Å²) in [5, 5.41) is 3.46. The Hall–Kier alpha value is -0.770. The highest BCUT2D eigenvalue weighted by Crippen LogP contribution is 2.28. The fourth-order valence-corrected chi connectivity index (χ4v) is 3.12. The molecule has 2 saturated heterocycles. The first-order valence-corrected chi connectivity index (χ1v) is 7.75. The molecule has 1 unspecified atom stereocenters. The lowest BCUT2D eigenvalue weighted by molar-refractivity contribution is 0.315. The van der Waals surface area contributed by atoms with Crippen LogP contribution in [0.5, 0.6) is 0 Å². The van der Waals surface area contributed by atoms with Crippen LogP contribution in [0.15, 0.2) is 4.99 Å². The molecule has 1 atom stereocenters. The summed E-state index contributed by atoms with van der Waals surface area (Å²) < 4.78 is 0. The van der Waals surface area contributed by atoms with E-state index in [1.54, 1.807) is 0 Å². The maximum Gasteiger partial charge on any atom is 0.193 e. The fraction of sp³-hybridized carbons (Fsp3) is 0.933. The summed E-state index contributed by atoms with van der Waals surface area (Å²) in [4.78, 5) is 9.76. The van der Waals surface area contributed by atoms with Gasteiger partial charge in [-0.2, -0.15) is 0 Å². The van der Waals surface area contributed by atoms with Crippen molar-refractivity contribution in [2.45, 2.75) is 46.1 Å². The largest absolute Gasteiger partial charge is 0.357 e. The van der Waals surface area contributed by atoms with Gasteiger partial charge >= 0.3 is 0 Å². The SMILES string of the molecule is CCNC(=NCC1CCCN1C)N1CCC(C)(C)C1. The normalized spacial score (nSPS) is 28.1. The molecule has 0 aromatic rings. The van der Waals surface area contributed by atoms with E-state index in [1.165, 1.54) is 25.8 Å². The predicted octanol–water partition coefficient (Wildman–Crippen LogP) is 1.78. The van der Waals surface area contributed by atoms with Gasteiger partial charge in [0.25, 0.3) is 0 Å². The van der Waals surface area contributed by atoms with Gasteiger partial charge in [-0.1, -0.05) is 13.8 Å². The lowest BCUT2D eigenvalue weighted by Crippen LogP contribution is -2.41. The number of likely N-dealkylation sites (tertiary alicyclic amines) is 2. The Balaban J connectivity index is 1.95. The molecule has 2 rings (SSSR count). The van der Waals surface area contributed by atoms with E-state index in [9.17, 15) is 0 Å². The molecular formula is C15H30N4. The quantitative estimate of drug-likeness (QED) is 0.624. The highest BCUT2D eigenvalue weighted by atomic mass is 15.3. The molecule has 0 spiro atoms. The van der Waals surface area contributed by atoms with Crippen LogP contribution in [-0.4, -0.2) is 61.6 Å². The molecule has 0 aromatic heterocycles. The van der Waals surface area contributed by atoms with E-state index in [-0.39, 0.29) is 0 Å². The number of aliphatic imine (C=N–C) groups is 1. The van der Waals surface area contributed by atoms with E-state index in [1.807, 2.05) is 0 Å². The summed E-state index contributed by atoms with van der Waals surface area (Å²) in [7, 11) is 2.22. The van der Waals surface area contributed by atoms with Crippen molar-refractivity contribution in [3.63, 3.8) is 0 Å². The van der Waals surface area contributed by atoms with Crippen LogP contribution in [0.25, 0.3) is 0 Å². The summed E-state index contributed by atoms with van der Waals surface area (Å²) in [5.74, 6) is 1.12. The highest BCUT2D eigenvalue weighted by Gasteiger charge is 2.31. The van der Waals surface area contributed by atoms with Crippen LogP contribution in [0.4, 0.5) is 0 Å². The van der Waals surface area contributed by atoms with Crippen LogP contribution in [0.2, 0.25) is 0 Å². The first kappa shape index (κ1) is 14.6. The van der Waals surface area contributed by atoms with Crippen LogP contribution in [-0.2, 0) is 0 Å². The molecule has 0 amide bonds. The van der Waals surface area contributed by atoms with Gasteiger partial charge in [-0.15, -0.1) is 0 Å². The van der Waals surface area contributed by atoms with Gasteiger partial charge in [0.1, 0.15) is 0 Å². The van der Waals surface area contributed by atoms with Crippen LogP contribution in [0, 0.1) is 5.41 Å². The molecule has 2 heterocycles. The zero-order chi connectivity index (χ0) is 13.9. The summed E-state index contributed by atoms with van der Waals surface area (Å²) in [6, 6.07) is 0.643. The highest BCUT2D eigenvalue weighted by molar-refractivity contribution is 5.80. The maximum absolute atomic E-state index is 4.88. The van der Waals surface area contributed by atoms with Crippen molar-refractivity contribution >= 4 is 5.96 Å². The van der Waals surface area contributed by atoms with Crippen molar-refractivity contribution in [1.29, 1.82) is 0 Å². The number of hydrogen-bond acceptors (Lipinski definition) is 2. The Bertz CT molecular complexity index is 324. The van der Waals surface area contributed by atoms with Crippen molar-refractivity contribution in [1.82, 2.24) is 15.1 Å². The van der Waals surface area contributed by atoms with Crippen LogP contribution in [0.1, 0.15) is 40.0 Å². The van der Waals surface area contributed by atoms with Crippen molar-refractivity contribution < 1.29 is 0 Å². The average molecular weight is 266 g/mol. The Morgan fingerprint density at radius 2 is 2.16 bits per heavy atom. The Labute approximate surface area is 118 Å². The molecule has 2 aliphatic heterocycles. The minimum absolute atomic E-state index is 0.431. The molecule has 0 aromatic carbocycles. The van der Waals surface area contributed by atoms with Crippen LogP contribution < -0.4 is 5.32 Å². The number of hydrogen-bond donors (Lipinski definition) is 1. The molecule has 0 bridgehead atoms. The van der Waals surface area contributed by atoms with Gasteiger partial charge in [0.05, 0.1) is 6.54 Å². The fourth-order valence-electron chi connectivity index (χ4n) is 3.12. The van der Waals surface area contributed by atoms with E-state index in [0.717, 1.165) is 32.1 Å². The first-order chi connectivity index (χ1) is 9.02. The lowest BCUT2D eigenvalue weighted by atomic mass is 9.93. The molecule has 0 aliphatic carbocycles. The monoisotopic (exact) mass is 266 g/mol. The summed E-state index contributed by atoms with van der Waals surface area (Å²) in [6.45, 7) is 12.2. The second-order valence-electron chi connectivity index (χ2n) is 6.81. The number of guanidine groups is 1. The van der Waals surface area contributed by atoms with E-state index >= 15 is 0 Å². The molecule has 19 heavy (non-hydrogen) atoms. The van der Waals surface area contributed by atoms with E-state index < -0.39 is 0 Å². The average Bonchev–Trinajstić information content (AvgIpc) is 2.91. The third-order valence-electron chi connectivity index (χ3n) is 4.44. The smallest absolute Gasteiger partial charge is 0.193 e. The summed E-state index contributed by atoms with van der Waals surface area (Å²) in [5.41, 5.74) is 0.431. The summed E-state index contributed by atoms with van der Waals surface area (Å²) in [6.07, 6.45) is 3.88. The molecule has 1 N–H and O–H groups in total. The Morgan fingerprint density at radius 1 is 1.37 bits per heavy atom. The van der Waals surface area contributed by atoms with Gasteiger partial charge < -0.3 is 15.1 Å². The molecule has 4 heteroatoms. The topological polar surface area (TPSA) is 30.9 Å². The minimum atomic E-state index is 0.431. The second-order valence-corrected chi connectivity index (χ2v) is 6.81. The molecule has 2 aliphatic rings. The summed E-state index contributed by atoms with van der Waals surface area (Å²) >= 11 is 0. The zero-order valence-electron chi connectivity index (χ0n) is 13.1. The van der Waals surface area contributed by atoms with Gasteiger partial charge in [0.15, 0.2) is 5.96 Å². The maximum atomic E-state index is 4.88. The van der Waals surface area contributed by atoms with Gasteiger partial charge in [-0.3, -0.25) is 4.99 Å². The third-order valence-corrected chi connectivity index (χ3v) is 4.44. The number of nitrogens with zero attached hydrogens (tertiary/aromatic N) is 3. The lowest BCUT2D eigenvalue weighted by Gasteiger charge is -2.25. The van der Waals surface area contributed by atoms with E-state index in [4.69, 9.17) is 4.99 Å². The zero-order valence-corrected chi connectivity index (χ0v) is 13.1. The van der Waals surface area contributed by atoms with Gasteiger partial charge in [0.2, 0.25) is 0 Å². The molecule has 4 nitrogen and oxygen atoms in total. The number of rotatable bonds is 3. The van der Waals surface area contributed by atoms with Gasteiger partial charge in [0, 0.05) is 25.7 Å². The standard InChI is InChI=1S/C15H30N4/c1-5-16-14(19-10-8-15(2,3)12-19)17-11-13-7-6-9-18(13)4/h13H,5-12H2,1-4H3,(H,16,17).